The van der Waals surface area contributed by atoms with Gasteiger partial charge in [-0.3, -0.25) is 0 Å². The van der Waals surface area contributed by atoms with Crippen molar-refractivity contribution in [2.45, 2.75) is 44.8 Å². The number of piperidine rings is 1. The highest BCUT2D eigenvalue weighted by Gasteiger charge is 2.36. The fourth-order valence-electron chi connectivity index (χ4n) is 4.99. The van der Waals surface area contributed by atoms with Gasteiger partial charge in [-0.1, -0.05) is 6.07 Å². The molecule has 40 heavy (non-hydrogen) atoms. The standard InChI is InChI=1S/C26H31F4N7O2S/c1-17-32-22(16-37(17)23-5-4-18(14-21(23)27)6-11-35-9-3-10-35)24-20(26(28,29)30)15-31-25(34-24)33-19-7-12-36(13-8-19)40(2,38)39/h4-5,14-16,19H,3,6-13H2,1-2H3,(H,31,33,34). The Bertz CT molecular complexity index is 1480. The molecule has 14 heteroatoms. The smallest absolute Gasteiger partial charge is 0.351 e. The number of aromatic nitrogens is 4. The van der Waals surface area contributed by atoms with Gasteiger partial charge in [0.2, 0.25) is 16.0 Å². The SMILES string of the molecule is Cc1nc(-c2nc(NC3CCN(S(C)(=O)=O)CC3)ncc2C(F)(F)F)cn1-c1ccc(CCN2CCC2)cc1F. The first-order valence-corrected chi connectivity index (χ1v) is 15.0. The topological polar surface area (TPSA) is 96.2 Å². The zero-order chi connectivity index (χ0) is 28.7. The van der Waals surface area contributed by atoms with Crippen LogP contribution in [0.1, 0.15) is 36.2 Å². The molecule has 0 aliphatic carbocycles. The van der Waals surface area contributed by atoms with Crippen molar-refractivity contribution in [1.82, 2.24) is 28.7 Å². The van der Waals surface area contributed by atoms with E-state index in [0.717, 1.165) is 31.5 Å². The molecule has 0 radical (unpaired) electrons. The van der Waals surface area contributed by atoms with Crippen LogP contribution in [0.3, 0.4) is 0 Å². The van der Waals surface area contributed by atoms with E-state index in [1.165, 1.54) is 27.6 Å². The highest BCUT2D eigenvalue weighted by molar-refractivity contribution is 7.88. The lowest BCUT2D eigenvalue weighted by Gasteiger charge is -2.30. The molecule has 2 aliphatic rings. The Morgan fingerprint density at radius 3 is 2.42 bits per heavy atom. The number of aryl methyl sites for hydroxylation is 1. The second-order valence-corrected chi connectivity index (χ2v) is 12.3. The lowest BCUT2D eigenvalue weighted by Crippen LogP contribution is -2.42. The predicted octanol–water partition coefficient (Wildman–Crippen LogP) is 3.88. The van der Waals surface area contributed by atoms with Crippen molar-refractivity contribution in [3.63, 3.8) is 0 Å². The number of benzene rings is 1. The van der Waals surface area contributed by atoms with Gasteiger partial charge in [0.15, 0.2) is 0 Å². The number of hydrogen-bond acceptors (Lipinski definition) is 7. The number of anilines is 1. The fraction of sp³-hybridized carbons (Fsp3) is 0.500. The summed E-state index contributed by atoms with van der Waals surface area (Å²) in [4.78, 5) is 14.6. The summed E-state index contributed by atoms with van der Waals surface area (Å²) in [5, 5.41) is 3.03. The summed E-state index contributed by atoms with van der Waals surface area (Å²) >= 11 is 0. The van der Waals surface area contributed by atoms with Crippen LogP contribution in [-0.4, -0.2) is 82.2 Å². The number of rotatable bonds is 8. The van der Waals surface area contributed by atoms with E-state index in [4.69, 9.17) is 0 Å². The molecule has 0 atom stereocenters. The van der Waals surface area contributed by atoms with Crippen molar-refractivity contribution < 1.29 is 26.0 Å². The van der Waals surface area contributed by atoms with E-state index in [9.17, 15) is 21.6 Å². The maximum atomic E-state index is 15.1. The first-order valence-electron chi connectivity index (χ1n) is 13.1. The summed E-state index contributed by atoms with van der Waals surface area (Å²) in [6.07, 6.45) is 1.25. The number of nitrogens with one attached hydrogen (secondary N) is 1. The molecule has 0 amide bonds. The van der Waals surface area contributed by atoms with Gasteiger partial charge in [0.1, 0.15) is 28.6 Å². The molecule has 0 bridgehead atoms. The Balaban J connectivity index is 1.39. The predicted molar refractivity (Wildman–Crippen MR) is 142 cm³/mol. The van der Waals surface area contributed by atoms with Crippen LogP contribution in [0.5, 0.6) is 0 Å². The lowest BCUT2D eigenvalue weighted by atomic mass is 10.1. The summed E-state index contributed by atoms with van der Waals surface area (Å²) in [5.41, 5.74) is -0.520. The van der Waals surface area contributed by atoms with E-state index in [1.807, 2.05) is 6.07 Å². The third kappa shape index (κ3) is 6.28. The molecule has 9 nitrogen and oxygen atoms in total. The zero-order valence-corrected chi connectivity index (χ0v) is 23.1. The largest absolute Gasteiger partial charge is 0.420 e. The second kappa shape index (κ2) is 11.1. The van der Waals surface area contributed by atoms with Crippen molar-refractivity contribution in [1.29, 1.82) is 0 Å². The molecule has 2 aromatic heterocycles. The van der Waals surface area contributed by atoms with Crippen molar-refractivity contribution in [3.05, 3.63) is 53.4 Å². The molecule has 3 aromatic rings. The second-order valence-electron chi connectivity index (χ2n) is 10.3. The number of nitrogens with zero attached hydrogens (tertiary/aromatic N) is 6. The zero-order valence-electron chi connectivity index (χ0n) is 22.2. The number of imidazole rings is 1. The van der Waals surface area contributed by atoms with Crippen LogP contribution in [0, 0.1) is 12.7 Å². The van der Waals surface area contributed by atoms with Gasteiger partial charge in [0.05, 0.1) is 11.9 Å². The molecular weight excluding hydrogens is 550 g/mol. The molecule has 2 saturated heterocycles. The van der Waals surface area contributed by atoms with Gasteiger partial charge in [-0.2, -0.15) is 13.2 Å². The summed E-state index contributed by atoms with van der Waals surface area (Å²) < 4.78 is 83.2. The normalized spacial score (nSPS) is 17.6. The molecular formula is C26H31F4N7O2S. The van der Waals surface area contributed by atoms with Gasteiger partial charge in [-0.05, 0) is 63.4 Å². The molecule has 216 valence electrons. The molecule has 1 aromatic carbocycles. The number of halogens is 4. The van der Waals surface area contributed by atoms with Gasteiger partial charge >= 0.3 is 6.18 Å². The van der Waals surface area contributed by atoms with Gasteiger partial charge in [0, 0.05) is 38.1 Å². The third-order valence-electron chi connectivity index (χ3n) is 7.41. The summed E-state index contributed by atoms with van der Waals surface area (Å²) in [6.45, 7) is 5.13. The Kier molecular flexibility index (Phi) is 7.86. The third-order valence-corrected chi connectivity index (χ3v) is 8.72. The average molecular weight is 582 g/mol. The molecule has 5 rings (SSSR count). The minimum atomic E-state index is -4.74. The van der Waals surface area contributed by atoms with E-state index < -0.39 is 33.3 Å². The van der Waals surface area contributed by atoms with Crippen molar-refractivity contribution >= 4 is 16.0 Å². The number of sulfonamides is 1. The quantitative estimate of drug-likeness (QED) is 0.404. The molecule has 0 saturated carbocycles. The van der Waals surface area contributed by atoms with Crippen molar-refractivity contribution in [3.8, 4) is 17.1 Å². The lowest BCUT2D eigenvalue weighted by molar-refractivity contribution is -0.137. The van der Waals surface area contributed by atoms with Crippen LogP contribution >= 0.6 is 0 Å². The van der Waals surface area contributed by atoms with Gasteiger partial charge in [-0.15, -0.1) is 0 Å². The molecule has 2 aliphatic heterocycles. The van der Waals surface area contributed by atoms with Crippen molar-refractivity contribution in [2.24, 2.45) is 0 Å². The Labute approximate surface area is 230 Å². The number of hydrogen-bond donors (Lipinski definition) is 1. The van der Waals surface area contributed by atoms with Crippen molar-refractivity contribution in [2.75, 3.05) is 44.3 Å². The fourth-order valence-corrected chi connectivity index (χ4v) is 5.87. The first-order chi connectivity index (χ1) is 18.9. The van der Waals surface area contributed by atoms with Crippen LogP contribution in [0.4, 0.5) is 23.5 Å². The Morgan fingerprint density at radius 1 is 1.10 bits per heavy atom. The number of likely N-dealkylation sites (tertiary alicyclic amines) is 1. The van der Waals surface area contributed by atoms with E-state index in [1.54, 1.807) is 13.0 Å². The van der Waals surface area contributed by atoms with Crippen LogP contribution in [-0.2, 0) is 22.6 Å². The minimum absolute atomic E-state index is 0.0225. The molecule has 4 heterocycles. The van der Waals surface area contributed by atoms with Crippen LogP contribution < -0.4 is 5.32 Å². The monoisotopic (exact) mass is 581 g/mol. The van der Waals surface area contributed by atoms with E-state index in [-0.39, 0.29) is 36.5 Å². The highest BCUT2D eigenvalue weighted by atomic mass is 32.2. The maximum absolute atomic E-state index is 15.1. The van der Waals surface area contributed by atoms with Crippen LogP contribution in [0.15, 0.2) is 30.6 Å². The van der Waals surface area contributed by atoms with Gasteiger partial charge < -0.3 is 14.8 Å². The van der Waals surface area contributed by atoms with E-state index >= 15 is 4.39 Å². The minimum Gasteiger partial charge on any atom is -0.351 e. The highest BCUT2D eigenvalue weighted by Crippen LogP contribution is 2.36. The Hall–Kier alpha value is -3.10. The Morgan fingerprint density at radius 2 is 1.82 bits per heavy atom. The molecule has 0 unspecified atom stereocenters. The van der Waals surface area contributed by atoms with Gasteiger partial charge in [-0.25, -0.2) is 32.1 Å². The van der Waals surface area contributed by atoms with Crippen LogP contribution in [0.2, 0.25) is 0 Å². The number of alkyl halides is 3. The van der Waals surface area contributed by atoms with E-state index in [2.05, 4.69) is 25.2 Å². The average Bonchev–Trinajstić information content (AvgIpc) is 3.23. The van der Waals surface area contributed by atoms with E-state index in [0.29, 0.717) is 31.3 Å². The molecule has 2 fully saturated rings. The summed E-state index contributed by atoms with van der Waals surface area (Å²) in [5.74, 6) is -0.211. The first kappa shape index (κ1) is 28.4. The summed E-state index contributed by atoms with van der Waals surface area (Å²) in [7, 11) is -3.31. The maximum Gasteiger partial charge on any atom is 0.420 e. The van der Waals surface area contributed by atoms with Gasteiger partial charge in [0.25, 0.3) is 0 Å². The molecule has 0 spiro atoms. The summed E-state index contributed by atoms with van der Waals surface area (Å²) in [6, 6.07) is 4.67. The van der Waals surface area contributed by atoms with Crippen LogP contribution in [0.25, 0.3) is 17.1 Å². The molecule has 1 N–H and O–H groups in total.